The number of H-pyrrole nitrogens is 1. The fourth-order valence-corrected chi connectivity index (χ4v) is 3.57. The molecular weight excluding hydrogens is 449 g/mol. The molecular formula is C16H10Cl3N5O3S. The third-order valence-electron chi connectivity index (χ3n) is 3.43. The molecule has 1 aromatic heterocycles. The van der Waals surface area contributed by atoms with Crippen LogP contribution in [0.5, 0.6) is 0 Å². The van der Waals surface area contributed by atoms with E-state index >= 15 is 0 Å². The maximum atomic E-state index is 12.2. The van der Waals surface area contributed by atoms with Crippen LogP contribution in [0.15, 0.2) is 41.6 Å². The third kappa shape index (κ3) is 4.74. The van der Waals surface area contributed by atoms with Crippen LogP contribution in [0.25, 0.3) is 11.4 Å². The highest BCUT2D eigenvalue weighted by molar-refractivity contribution is 7.99. The van der Waals surface area contributed by atoms with Crippen molar-refractivity contribution >= 4 is 63.8 Å². The molecule has 0 aliphatic heterocycles. The normalized spacial score (nSPS) is 10.7. The average Bonchev–Trinajstić information content (AvgIpc) is 3.12. The number of carbonyl (C=O) groups is 1. The molecule has 12 heteroatoms. The zero-order valence-electron chi connectivity index (χ0n) is 13.8. The van der Waals surface area contributed by atoms with Crippen molar-refractivity contribution in [2.75, 3.05) is 11.1 Å². The van der Waals surface area contributed by atoms with E-state index in [0.29, 0.717) is 21.6 Å². The number of nitro groups is 1. The topological polar surface area (TPSA) is 114 Å². The molecule has 28 heavy (non-hydrogen) atoms. The number of halogens is 3. The lowest BCUT2D eigenvalue weighted by Crippen LogP contribution is -2.15. The van der Waals surface area contributed by atoms with E-state index in [4.69, 9.17) is 34.8 Å². The summed E-state index contributed by atoms with van der Waals surface area (Å²) in [6.45, 7) is 0. The van der Waals surface area contributed by atoms with Gasteiger partial charge in [-0.15, -0.1) is 5.10 Å². The van der Waals surface area contributed by atoms with Gasteiger partial charge in [-0.05, 0) is 12.1 Å². The molecule has 3 aromatic rings. The summed E-state index contributed by atoms with van der Waals surface area (Å²) in [6, 6.07) is 9.38. The number of non-ortho nitro benzene ring substituents is 1. The van der Waals surface area contributed by atoms with E-state index in [1.165, 1.54) is 0 Å². The molecule has 1 heterocycles. The van der Waals surface area contributed by atoms with Gasteiger partial charge in [0.2, 0.25) is 11.1 Å². The second-order valence-electron chi connectivity index (χ2n) is 5.32. The summed E-state index contributed by atoms with van der Waals surface area (Å²) >= 11 is 19.2. The van der Waals surface area contributed by atoms with Crippen LogP contribution in [0, 0.1) is 10.1 Å². The van der Waals surface area contributed by atoms with Crippen molar-refractivity contribution in [2.45, 2.75) is 5.16 Å². The summed E-state index contributed by atoms with van der Waals surface area (Å²) in [4.78, 5) is 26.6. The van der Waals surface area contributed by atoms with Crippen LogP contribution in [0.1, 0.15) is 0 Å². The standard InChI is InChI=1S/C16H10Cl3N5O3S/c17-10-4-2-1-3-9(10)15-21-16(23-22-15)28-7-13(25)20-14-11(18)5-8(24(26)27)6-12(14)19/h1-6H,7H2,(H,20,25)(H,21,22,23). The van der Waals surface area contributed by atoms with Crippen molar-refractivity contribution < 1.29 is 9.72 Å². The van der Waals surface area contributed by atoms with Gasteiger partial charge in [0.1, 0.15) is 0 Å². The predicted molar refractivity (Wildman–Crippen MR) is 109 cm³/mol. The van der Waals surface area contributed by atoms with Gasteiger partial charge in [0, 0.05) is 17.7 Å². The Bertz CT molecular complexity index is 1040. The molecule has 0 bridgehead atoms. The van der Waals surface area contributed by atoms with E-state index in [1.54, 1.807) is 18.2 Å². The zero-order valence-corrected chi connectivity index (χ0v) is 16.9. The van der Waals surface area contributed by atoms with E-state index in [1.807, 2.05) is 6.07 Å². The molecule has 0 atom stereocenters. The van der Waals surface area contributed by atoms with E-state index in [0.717, 1.165) is 23.9 Å². The van der Waals surface area contributed by atoms with Crippen LogP contribution < -0.4 is 5.32 Å². The quantitative estimate of drug-likeness (QED) is 0.303. The number of benzene rings is 2. The molecule has 0 aliphatic carbocycles. The molecule has 0 fully saturated rings. The monoisotopic (exact) mass is 457 g/mol. The van der Waals surface area contributed by atoms with Crippen molar-refractivity contribution in [1.82, 2.24) is 15.2 Å². The first-order valence-electron chi connectivity index (χ1n) is 7.58. The molecule has 8 nitrogen and oxygen atoms in total. The van der Waals surface area contributed by atoms with Gasteiger partial charge in [-0.2, -0.15) is 0 Å². The molecule has 0 unspecified atom stereocenters. The van der Waals surface area contributed by atoms with Gasteiger partial charge in [-0.3, -0.25) is 20.0 Å². The van der Waals surface area contributed by atoms with Crippen molar-refractivity contribution in [3.8, 4) is 11.4 Å². The van der Waals surface area contributed by atoms with Crippen LogP contribution in [0.2, 0.25) is 15.1 Å². The summed E-state index contributed by atoms with van der Waals surface area (Å²) in [5.41, 5.74) is 0.527. The van der Waals surface area contributed by atoms with Crippen LogP contribution >= 0.6 is 46.6 Å². The first kappa shape index (κ1) is 20.4. The van der Waals surface area contributed by atoms with E-state index in [-0.39, 0.29) is 27.2 Å². The molecule has 3 rings (SSSR count). The smallest absolute Gasteiger partial charge is 0.272 e. The third-order valence-corrected chi connectivity index (χ3v) is 5.20. The Kier molecular flexibility index (Phi) is 6.40. The lowest BCUT2D eigenvalue weighted by Gasteiger charge is -2.08. The molecule has 0 spiro atoms. The maximum Gasteiger partial charge on any atom is 0.272 e. The van der Waals surface area contributed by atoms with Crippen molar-refractivity contribution in [1.29, 1.82) is 0 Å². The van der Waals surface area contributed by atoms with Gasteiger partial charge in [0.25, 0.3) is 5.69 Å². The van der Waals surface area contributed by atoms with Crippen LogP contribution in [-0.2, 0) is 4.79 Å². The Morgan fingerprint density at radius 1 is 1.18 bits per heavy atom. The average molecular weight is 459 g/mol. The largest absolute Gasteiger partial charge is 0.323 e. The molecule has 0 saturated carbocycles. The molecule has 0 radical (unpaired) electrons. The van der Waals surface area contributed by atoms with Gasteiger partial charge in [0.15, 0.2) is 5.82 Å². The van der Waals surface area contributed by atoms with E-state index < -0.39 is 10.8 Å². The van der Waals surface area contributed by atoms with Gasteiger partial charge in [-0.1, -0.05) is 58.7 Å². The minimum atomic E-state index is -0.626. The number of anilines is 1. The molecule has 1 amide bonds. The van der Waals surface area contributed by atoms with Crippen molar-refractivity contribution in [2.24, 2.45) is 0 Å². The van der Waals surface area contributed by atoms with Crippen LogP contribution in [-0.4, -0.2) is 31.8 Å². The fraction of sp³-hybridized carbons (Fsp3) is 0.0625. The number of aromatic amines is 1. The number of hydrogen-bond acceptors (Lipinski definition) is 6. The summed E-state index contributed by atoms with van der Waals surface area (Å²) in [7, 11) is 0. The summed E-state index contributed by atoms with van der Waals surface area (Å²) in [5.74, 6) is 0.0328. The molecule has 0 aliphatic rings. The number of nitrogens with zero attached hydrogens (tertiary/aromatic N) is 3. The number of nitrogens with one attached hydrogen (secondary N) is 2. The molecule has 144 valence electrons. The second-order valence-corrected chi connectivity index (χ2v) is 7.49. The predicted octanol–water partition coefficient (Wildman–Crippen LogP) is 5.07. The van der Waals surface area contributed by atoms with Crippen LogP contribution in [0.3, 0.4) is 0 Å². The van der Waals surface area contributed by atoms with Gasteiger partial charge in [-0.25, -0.2) is 4.98 Å². The Morgan fingerprint density at radius 3 is 2.50 bits per heavy atom. The SMILES string of the molecule is O=C(CSc1n[nH]c(-c2ccccc2Cl)n1)Nc1c(Cl)cc([N+](=O)[O-])cc1Cl. The van der Waals surface area contributed by atoms with Crippen molar-refractivity contribution in [3.63, 3.8) is 0 Å². The minimum absolute atomic E-state index is 0.0243. The number of aromatic nitrogens is 3. The van der Waals surface area contributed by atoms with E-state index in [9.17, 15) is 14.9 Å². The Balaban J connectivity index is 1.64. The first-order valence-corrected chi connectivity index (χ1v) is 9.70. The highest BCUT2D eigenvalue weighted by Crippen LogP contribution is 2.35. The molecule has 2 aromatic carbocycles. The number of nitro benzene ring substituents is 1. The maximum absolute atomic E-state index is 12.2. The highest BCUT2D eigenvalue weighted by Gasteiger charge is 2.17. The molecule has 0 saturated heterocycles. The Morgan fingerprint density at radius 2 is 1.86 bits per heavy atom. The number of thioether (sulfide) groups is 1. The number of amides is 1. The highest BCUT2D eigenvalue weighted by atomic mass is 35.5. The zero-order chi connectivity index (χ0) is 20.3. The van der Waals surface area contributed by atoms with Gasteiger partial charge >= 0.3 is 0 Å². The number of carbonyl (C=O) groups excluding carboxylic acids is 1. The van der Waals surface area contributed by atoms with E-state index in [2.05, 4.69) is 20.5 Å². The molecule has 2 N–H and O–H groups in total. The Labute approximate surface area is 177 Å². The second kappa shape index (κ2) is 8.78. The summed E-state index contributed by atoms with van der Waals surface area (Å²) < 4.78 is 0. The summed E-state index contributed by atoms with van der Waals surface area (Å²) in [5, 5.41) is 20.9. The van der Waals surface area contributed by atoms with Crippen LogP contribution in [0.4, 0.5) is 11.4 Å². The minimum Gasteiger partial charge on any atom is -0.323 e. The number of hydrogen-bond donors (Lipinski definition) is 2. The first-order chi connectivity index (χ1) is 13.3. The van der Waals surface area contributed by atoms with Gasteiger partial charge in [0.05, 0.1) is 31.4 Å². The van der Waals surface area contributed by atoms with Crippen molar-refractivity contribution in [3.05, 3.63) is 61.6 Å². The lowest BCUT2D eigenvalue weighted by atomic mass is 10.2. The lowest BCUT2D eigenvalue weighted by molar-refractivity contribution is -0.384. The van der Waals surface area contributed by atoms with Gasteiger partial charge < -0.3 is 5.32 Å². The Hall–Kier alpha value is -2.33. The summed E-state index contributed by atoms with van der Waals surface area (Å²) in [6.07, 6.45) is 0. The number of rotatable bonds is 6. The fourth-order valence-electron chi connectivity index (χ4n) is 2.17.